The van der Waals surface area contributed by atoms with Gasteiger partial charge in [-0.05, 0) is 48.9 Å². The van der Waals surface area contributed by atoms with Crippen molar-refractivity contribution in [2.45, 2.75) is 6.92 Å². The molecule has 0 aliphatic carbocycles. The predicted octanol–water partition coefficient (Wildman–Crippen LogP) is 3.29. The molecule has 0 aliphatic rings. The van der Waals surface area contributed by atoms with Crippen LogP contribution in [0.5, 0.6) is 17.2 Å². The first-order chi connectivity index (χ1) is 7.25. The van der Waals surface area contributed by atoms with Crippen LogP contribution in [-0.4, -0.2) is 5.11 Å². The van der Waals surface area contributed by atoms with Gasteiger partial charge in [-0.1, -0.05) is 12.1 Å². The lowest BCUT2D eigenvalue weighted by Crippen LogP contribution is -1.86. The minimum absolute atomic E-state index is 0.251. The van der Waals surface area contributed by atoms with Gasteiger partial charge in [0.15, 0.2) is 0 Å². The first kappa shape index (κ1) is 9.59. The third-order valence-electron chi connectivity index (χ3n) is 2.07. The maximum absolute atomic E-state index is 9.24. The number of hydrogen-bond donors (Lipinski definition) is 1. The summed E-state index contributed by atoms with van der Waals surface area (Å²) in [5.74, 6) is 1.77. The van der Waals surface area contributed by atoms with Gasteiger partial charge in [-0.25, -0.2) is 0 Å². The van der Waals surface area contributed by atoms with Crippen LogP contribution in [0.2, 0.25) is 0 Å². The van der Waals surface area contributed by atoms with E-state index in [1.807, 2.05) is 19.1 Å². The molecule has 0 fully saturated rings. The summed E-state index contributed by atoms with van der Waals surface area (Å²) in [6, 6.07) is 15.2. The van der Waals surface area contributed by atoms with Gasteiger partial charge in [0.2, 0.25) is 0 Å². The van der Waals surface area contributed by atoms with Gasteiger partial charge in [0.25, 0.3) is 0 Å². The van der Waals surface area contributed by atoms with Gasteiger partial charge in [-0.15, -0.1) is 0 Å². The highest BCUT2D eigenvalue weighted by atomic mass is 16.5. The molecule has 2 nitrogen and oxygen atoms in total. The van der Waals surface area contributed by atoms with E-state index in [-0.39, 0.29) is 5.75 Å². The summed E-state index contributed by atoms with van der Waals surface area (Å²) in [7, 11) is 0. The second-order valence-electron chi connectivity index (χ2n) is 3.29. The van der Waals surface area contributed by atoms with E-state index in [1.165, 1.54) is 0 Å². The summed E-state index contributed by atoms with van der Waals surface area (Å²) in [6.45, 7) is 1.89. The van der Waals surface area contributed by atoms with E-state index in [1.54, 1.807) is 30.3 Å². The first-order valence-corrected chi connectivity index (χ1v) is 4.69. The van der Waals surface area contributed by atoms with E-state index in [2.05, 4.69) is 6.07 Å². The number of phenolic OH excluding ortho intramolecular Hbond substituents is 1. The summed E-state index contributed by atoms with van der Waals surface area (Å²) in [5, 5.41) is 9.24. The fourth-order valence-electron chi connectivity index (χ4n) is 1.31. The highest BCUT2D eigenvalue weighted by molar-refractivity contribution is 5.41. The van der Waals surface area contributed by atoms with E-state index in [9.17, 15) is 5.11 Å². The van der Waals surface area contributed by atoms with Crippen LogP contribution in [0.3, 0.4) is 0 Å². The van der Waals surface area contributed by atoms with E-state index in [0.29, 0.717) is 0 Å². The Morgan fingerprint density at radius 1 is 1.13 bits per heavy atom. The van der Waals surface area contributed by atoms with E-state index in [0.717, 1.165) is 17.1 Å². The normalized spacial score (nSPS) is 9.93. The molecule has 0 amide bonds. The topological polar surface area (TPSA) is 29.5 Å². The zero-order valence-corrected chi connectivity index (χ0v) is 8.40. The van der Waals surface area contributed by atoms with Crippen molar-refractivity contribution in [1.29, 1.82) is 0 Å². The molecule has 0 heterocycles. The second-order valence-corrected chi connectivity index (χ2v) is 3.29. The third-order valence-corrected chi connectivity index (χ3v) is 2.07. The lowest BCUT2D eigenvalue weighted by Gasteiger charge is -2.08. The van der Waals surface area contributed by atoms with Gasteiger partial charge in [-0.2, -0.15) is 0 Å². The van der Waals surface area contributed by atoms with Gasteiger partial charge >= 0.3 is 0 Å². The molecule has 0 unspecified atom stereocenters. The van der Waals surface area contributed by atoms with Crippen molar-refractivity contribution in [1.82, 2.24) is 0 Å². The van der Waals surface area contributed by atoms with Crippen molar-refractivity contribution in [3.8, 4) is 17.2 Å². The van der Waals surface area contributed by atoms with Gasteiger partial charge in [0.1, 0.15) is 17.2 Å². The molecule has 2 heteroatoms. The maximum Gasteiger partial charge on any atom is 0.130 e. The molecule has 75 valence electrons. The Labute approximate surface area is 88.8 Å². The van der Waals surface area contributed by atoms with Crippen LogP contribution in [0.4, 0.5) is 0 Å². The summed E-state index contributed by atoms with van der Waals surface area (Å²) in [6.07, 6.45) is 0. The molecule has 2 aromatic rings. The van der Waals surface area contributed by atoms with Crippen molar-refractivity contribution >= 4 is 0 Å². The zero-order valence-electron chi connectivity index (χ0n) is 8.40. The van der Waals surface area contributed by atoms with Crippen LogP contribution in [0.15, 0.2) is 42.5 Å². The van der Waals surface area contributed by atoms with Crippen LogP contribution >= 0.6 is 0 Å². The van der Waals surface area contributed by atoms with Crippen molar-refractivity contribution in [2.75, 3.05) is 0 Å². The number of benzene rings is 2. The molecule has 0 spiro atoms. The highest BCUT2D eigenvalue weighted by Crippen LogP contribution is 2.27. The maximum atomic E-state index is 9.24. The monoisotopic (exact) mass is 199 g/mol. The van der Waals surface area contributed by atoms with Crippen molar-refractivity contribution in [2.24, 2.45) is 0 Å². The smallest absolute Gasteiger partial charge is 0.130 e. The fraction of sp³-hybridized carbons (Fsp3) is 0.0769. The molecule has 0 atom stereocenters. The average Bonchev–Trinajstić information content (AvgIpc) is 2.24. The molecule has 15 heavy (non-hydrogen) atoms. The number of aromatic hydroxyl groups is 1. The molecule has 0 saturated carbocycles. The standard InChI is InChI=1S/C13H11O2/c1-10-9-11(14)7-8-13(10)15-12-5-3-2-4-6-12/h3-9,14H,1H3. The van der Waals surface area contributed by atoms with Gasteiger partial charge in [0.05, 0.1) is 0 Å². The van der Waals surface area contributed by atoms with Crippen LogP contribution in [-0.2, 0) is 0 Å². The largest absolute Gasteiger partial charge is 0.508 e. The Morgan fingerprint density at radius 2 is 1.87 bits per heavy atom. The second kappa shape index (κ2) is 4.05. The third kappa shape index (κ3) is 2.29. The van der Waals surface area contributed by atoms with Crippen LogP contribution in [0, 0.1) is 13.0 Å². The highest BCUT2D eigenvalue weighted by Gasteiger charge is 2.01. The van der Waals surface area contributed by atoms with E-state index in [4.69, 9.17) is 4.74 Å². The van der Waals surface area contributed by atoms with Crippen molar-refractivity contribution in [3.05, 3.63) is 54.1 Å². The minimum atomic E-state index is 0.251. The average molecular weight is 199 g/mol. The molecule has 1 radical (unpaired) electrons. The Bertz CT molecular complexity index is 449. The molecule has 0 bridgehead atoms. The molecule has 0 saturated heterocycles. The summed E-state index contributed by atoms with van der Waals surface area (Å²) >= 11 is 0. The Kier molecular flexibility index (Phi) is 2.59. The number of ether oxygens (including phenoxy) is 1. The molecule has 2 aromatic carbocycles. The molecule has 1 N–H and O–H groups in total. The van der Waals surface area contributed by atoms with Crippen LogP contribution in [0.1, 0.15) is 5.56 Å². The number of phenols is 1. The Hall–Kier alpha value is -1.96. The summed E-state index contributed by atoms with van der Waals surface area (Å²) in [5.41, 5.74) is 0.905. The Morgan fingerprint density at radius 3 is 2.53 bits per heavy atom. The fourth-order valence-corrected chi connectivity index (χ4v) is 1.31. The molecular formula is C13H11O2. The molecule has 0 aromatic heterocycles. The lowest BCUT2D eigenvalue weighted by atomic mass is 10.2. The van der Waals surface area contributed by atoms with Gasteiger partial charge in [-0.3, -0.25) is 0 Å². The van der Waals surface area contributed by atoms with Crippen molar-refractivity contribution in [3.63, 3.8) is 0 Å². The summed E-state index contributed by atoms with van der Waals surface area (Å²) in [4.78, 5) is 0. The van der Waals surface area contributed by atoms with Gasteiger partial charge in [0, 0.05) is 0 Å². The summed E-state index contributed by atoms with van der Waals surface area (Å²) < 4.78 is 5.63. The molecular weight excluding hydrogens is 188 g/mol. The SMILES string of the molecule is Cc1cc(O)ccc1Oc1cc[c]cc1. The number of aryl methyl sites for hydroxylation is 1. The molecule has 2 rings (SSSR count). The first-order valence-electron chi connectivity index (χ1n) is 4.69. The van der Waals surface area contributed by atoms with E-state index >= 15 is 0 Å². The van der Waals surface area contributed by atoms with Crippen molar-refractivity contribution < 1.29 is 9.84 Å². The Balaban J connectivity index is 2.25. The molecule has 0 aliphatic heterocycles. The number of rotatable bonds is 2. The lowest BCUT2D eigenvalue weighted by molar-refractivity contribution is 0.461. The minimum Gasteiger partial charge on any atom is -0.508 e. The van der Waals surface area contributed by atoms with E-state index < -0.39 is 0 Å². The van der Waals surface area contributed by atoms with Crippen LogP contribution < -0.4 is 4.74 Å². The zero-order chi connectivity index (χ0) is 10.7. The van der Waals surface area contributed by atoms with Crippen LogP contribution in [0.25, 0.3) is 0 Å². The quantitative estimate of drug-likeness (QED) is 0.804. The number of hydrogen-bond acceptors (Lipinski definition) is 2. The van der Waals surface area contributed by atoms with Gasteiger partial charge < -0.3 is 9.84 Å². The predicted molar refractivity (Wildman–Crippen MR) is 58.2 cm³/mol.